The van der Waals surface area contributed by atoms with Crippen LogP contribution in [0.25, 0.3) is 0 Å². The van der Waals surface area contributed by atoms with E-state index < -0.39 is 11.3 Å². The van der Waals surface area contributed by atoms with Crippen molar-refractivity contribution in [1.29, 1.82) is 0 Å². The number of likely N-dealkylation sites (N-methyl/N-ethyl adjacent to an activating group) is 1. The van der Waals surface area contributed by atoms with Crippen LogP contribution in [0.2, 0.25) is 0 Å². The number of likely N-dealkylation sites (tertiary alicyclic amines) is 1. The third-order valence-electron chi connectivity index (χ3n) is 4.27. The Morgan fingerprint density at radius 1 is 1.39 bits per heavy atom. The van der Waals surface area contributed by atoms with Gasteiger partial charge in [-0.1, -0.05) is 5.16 Å². The summed E-state index contributed by atoms with van der Waals surface area (Å²) in [7, 11) is 1.53. The van der Waals surface area contributed by atoms with Crippen molar-refractivity contribution in [1.82, 2.24) is 20.7 Å². The molecular formula is C17H25N5O5S. The summed E-state index contributed by atoms with van der Waals surface area (Å²) >= 11 is 1.14. The van der Waals surface area contributed by atoms with Crippen LogP contribution < -0.4 is 16.0 Å². The van der Waals surface area contributed by atoms with Crippen LogP contribution in [0.3, 0.4) is 0 Å². The molecule has 154 valence electrons. The fraction of sp³-hybridized carbons (Fsp3) is 0.588. The van der Waals surface area contributed by atoms with Gasteiger partial charge in [0.05, 0.1) is 17.5 Å². The van der Waals surface area contributed by atoms with Gasteiger partial charge in [0.15, 0.2) is 5.82 Å². The Morgan fingerprint density at radius 2 is 2.14 bits per heavy atom. The molecule has 0 bridgehead atoms. The van der Waals surface area contributed by atoms with Crippen LogP contribution in [0.1, 0.15) is 25.5 Å². The standard InChI is InChI=1S/C17H25N5O5S/c1-10-7-13(21-27-10)20-16(25)11(2)28-9-14(23)19-8-15(24)22-6-4-5-12(22)17(26)18-3/h7,11-12H,4-6,8-9H2,1-3H3,(H,18,26)(H,19,23)(H,20,21,25). The molecule has 0 saturated carbocycles. The van der Waals surface area contributed by atoms with E-state index in [1.54, 1.807) is 19.9 Å². The number of hydrogen-bond acceptors (Lipinski definition) is 7. The van der Waals surface area contributed by atoms with Crippen LogP contribution >= 0.6 is 11.8 Å². The number of carbonyl (C=O) groups is 4. The molecule has 28 heavy (non-hydrogen) atoms. The number of amides is 4. The molecule has 0 aromatic carbocycles. The van der Waals surface area contributed by atoms with E-state index in [1.165, 1.54) is 11.9 Å². The predicted molar refractivity (Wildman–Crippen MR) is 104 cm³/mol. The van der Waals surface area contributed by atoms with E-state index in [2.05, 4.69) is 21.1 Å². The van der Waals surface area contributed by atoms with Crippen molar-refractivity contribution in [2.45, 2.75) is 38.0 Å². The lowest BCUT2D eigenvalue weighted by Gasteiger charge is -2.23. The quantitative estimate of drug-likeness (QED) is 0.544. The van der Waals surface area contributed by atoms with Gasteiger partial charge in [-0.2, -0.15) is 0 Å². The molecule has 0 spiro atoms. The largest absolute Gasteiger partial charge is 0.360 e. The molecule has 0 radical (unpaired) electrons. The normalized spacial score (nSPS) is 17.1. The van der Waals surface area contributed by atoms with Crippen LogP contribution in [0.4, 0.5) is 5.82 Å². The molecule has 4 amide bonds. The fourth-order valence-electron chi connectivity index (χ4n) is 2.76. The lowest BCUT2D eigenvalue weighted by Crippen LogP contribution is -2.48. The molecule has 10 nitrogen and oxygen atoms in total. The second kappa shape index (κ2) is 10.1. The molecule has 1 fully saturated rings. The smallest absolute Gasteiger partial charge is 0.242 e. The zero-order valence-corrected chi connectivity index (χ0v) is 16.9. The van der Waals surface area contributed by atoms with Crippen molar-refractivity contribution >= 4 is 41.2 Å². The highest BCUT2D eigenvalue weighted by Crippen LogP contribution is 2.17. The van der Waals surface area contributed by atoms with E-state index in [0.717, 1.165) is 18.2 Å². The minimum Gasteiger partial charge on any atom is -0.360 e. The van der Waals surface area contributed by atoms with Crippen molar-refractivity contribution in [2.24, 2.45) is 0 Å². The highest BCUT2D eigenvalue weighted by atomic mass is 32.2. The van der Waals surface area contributed by atoms with Crippen LogP contribution in [0, 0.1) is 6.92 Å². The second-order valence-corrected chi connectivity index (χ2v) is 7.73. The number of aromatic nitrogens is 1. The van der Waals surface area contributed by atoms with Gasteiger partial charge in [0.2, 0.25) is 23.6 Å². The van der Waals surface area contributed by atoms with Crippen LogP contribution in [-0.4, -0.2) is 70.9 Å². The third kappa shape index (κ3) is 5.98. The maximum absolute atomic E-state index is 12.3. The number of anilines is 1. The van der Waals surface area contributed by atoms with E-state index in [4.69, 9.17) is 4.52 Å². The Balaban J connectivity index is 1.71. The maximum Gasteiger partial charge on any atom is 0.242 e. The molecule has 1 saturated heterocycles. The average Bonchev–Trinajstić information content (AvgIpc) is 3.32. The SMILES string of the molecule is CNC(=O)C1CCCN1C(=O)CNC(=O)CSC(C)C(=O)Nc1cc(C)on1. The summed E-state index contributed by atoms with van der Waals surface area (Å²) in [5.41, 5.74) is 0. The van der Waals surface area contributed by atoms with Gasteiger partial charge in [-0.15, -0.1) is 11.8 Å². The highest BCUT2D eigenvalue weighted by molar-refractivity contribution is 8.01. The van der Waals surface area contributed by atoms with Gasteiger partial charge in [0.25, 0.3) is 0 Å². The Hall–Kier alpha value is -2.56. The summed E-state index contributed by atoms with van der Waals surface area (Å²) in [4.78, 5) is 49.6. The summed E-state index contributed by atoms with van der Waals surface area (Å²) in [5.74, 6) is -0.221. The van der Waals surface area contributed by atoms with Crippen LogP contribution in [0.5, 0.6) is 0 Å². The molecule has 1 aliphatic rings. The zero-order chi connectivity index (χ0) is 20.7. The van der Waals surface area contributed by atoms with E-state index >= 15 is 0 Å². The van der Waals surface area contributed by atoms with Gasteiger partial charge in [-0.3, -0.25) is 19.2 Å². The summed E-state index contributed by atoms with van der Waals surface area (Å²) in [5, 5.41) is 10.9. The molecule has 1 aliphatic heterocycles. The first-order valence-electron chi connectivity index (χ1n) is 8.95. The van der Waals surface area contributed by atoms with Gasteiger partial charge >= 0.3 is 0 Å². The molecule has 1 aromatic heterocycles. The van der Waals surface area contributed by atoms with Gasteiger partial charge in [-0.25, -0.2) is 0 Å². The topological polar surface area (TPSA) is 134 Å². The first-order valence-corrected chi connectivity index (χ1v) is 10.00. The Morgan fingerprint density at radius 3 is 2.79 bits per heavy atom. The van der Waals surface area contributed by atoms with E-state index in [0.29, 0.717) is 24.5 Å². The Labute approximate surface area is 167 Å². The lowest BCUT2D eigenvalue weighted by atomic mass is 10.2. The van der Waals surface area contributed by atoms with Gasteiger partial charge in [0.1, 0.15) is 11.8 Å². The number of thioether (sulfide) groups is 1. The number of aryl methyl sites for hydroxylation is 1. The number of carbonyl (C=O) groups excluding carboxylic acids is 4. The lowest BCUT2D eigenvalue weighted by molar-refractivity contribution is -0.138. The molecule has 3 N–H and O–H groups in total. The van der Waals surface area contributed by atoms with Gasteiger partial charge < -0.3 is 25.4 Å². The molecular weight excluding hydrogens is 386 g/mol. The maximum atomic E-state index is 12.3. The number of nitrogens with one attached hydrogen (secondary N) is 3. The zero-order valence-electron chi connectivity index (χ0n) is 16.1. The van der Waals surface area contributed by atoms with Crippen LogP contribution in [-0.2, 0) is 19.2 Å². The van der Waals surface area contributed by atoms with Crippen molar-refractivity contribution < 1.29 is 23.7 Å². The number of rotatable bonds is 8. The molecule has 0 aliphatic carbocycles. The predicted octanol–water partition coefficient (Wildman–Crippen LogP) is -0.104. The number of nitrogens with zero attached hydrogens (tertiary/aromatic N) is 2. The Bertz CT molecular complexity index is 737. The van der Waals surface area contributed by atoms with E-state index in [-0.39, 0.29) is 35.9 Å². The molecule has 2 rings (SSSR count). The molecule has 2 unspecified atom stereocenters. The molecule has 1 aromatic rings. The molecule has 2 heterocycles. The summed E-state index contributed by atoms with van der Waals surface area (Å²) in [6.07, 6.45) is 1.37. The minimum atomic E-state index is -0.491. The van der Waals surface area contributed by atoms with E-state index in [9.17, 15) is 19.2 Å². The van der Waals surface area contributed by atoms with Crippen molar-refractivity contribution in [3.8, 4) is 0 Å². The van der Waals surface area contributed by atoms with Gasteiger partial charge in [-0.05, 0) is 26.7 Å². The third-order valence-corrected chi connectivity index (χ3v) is 5.41. The summed E-state index contributed by atoms with van der Waals surface area (Å²) in [6, 6.07) is 1.12. The molecule has 2 atom stereocenters. The molecule has 11 heteroatoms. The van der Waals surface area contributed by atoms with Crippen molar-refractivity contribution in [2.75, 3.05) is 31.2 Å². The Kier molecular flexibility index (Phi) is 7.85. The monoisotopic (exact) mass is 411 g/mol. The van der Waals surface area contributed by atoms with Crippen molar-refractivity contribution in [3.05, 3.63) is 11.8 Å². The average molecular weight is 411 g/mol. The highest BCUT2D eigenvalue weighted by Gasteiger charge is 2.33. The minimum absolute atomic E-state index is 0.0264. The fourth-order valence-corrected chi connectivity index (χ4v) is 3.47. The summed E-state index contributed by atoms with van der Waals surface area (Å²) < 4.78 is 4.87. The van der Waals surface area contributed by atoms with Crippen molar-refractivity contribution in [3.63, 3.8) is 0 Å². The second-order valence-electron chi connectivity index (χ2n) is 6.40. The van der Waals surface area contributed by atoms with E-state index in [1.807, 2.05) is 0 Å². The summed E-state index contributed by atoms with van der Waals surface area (Å²) in [6.45, 7) is 3.71. The number of hydrogen-bond donors (Lipinski definition) is 3. The first kappa shape index (κ1) is 21.7. The van der Waals surface area contributed by atoms with Crippen LogP contribution in [0.15, 0.2) is 10.6 Å². The van der Waals surface area contributed by atoms with Gasteiger partial charge in [0, 0.05) is 19.7 Å². The first-order chi connectivity index (χ1) is 13.3.